The van der Waals surface area contributed by atoms with Gasteiger partial charge in [-0.15, -0.1) is 11.3 Å². The van der Waals surface area contributed by atoms with Gasteiger partial charge in [-0.1, -0.05) is 23.8 Å². The van der Waals surface area contributed by atoms with Crippen LogP contribution in [0.4, 0.5) is 0 Å². The van der Waals surface area contributed by atoms with Crippen molar-refractivity contribution in [2.75, 3.05) is 7.11 Å². The zero-order valence-electron chi connectivity index (χ0n) is 14.9. The Bertz CT molecular complexity index is 1030. The van der Waals surface area contributed by atoms with Gasteiger partial charge in [-0.3, -0.25) is 9.36 Å². The van der Waals surface area contributed by atoms with E-state index in [1.165, 1.54) is 29.3 Å². The van der Waals surface area contributed by atoms with Crippen LogP contribution >= 0.6 is 11.3 Å². The van der Waals surface area contributed by atoms with E-state index in [0.29, 0.717) is 10.2 Å². The largest absolute Gasteiger partial charge is 0.467 e. The van der Waals surface area contributed by atoms with Crippen LogP contribution in [-0.2, 0) is 9.53 Å². The van der Waals surface area contributed by atoms with Gasteiger partial charge >= 0.3 is 5.97 Å². The second-order valence-corrected chi connectivity index (χ2v) is 7.39. The Hall–Kier alpha value is -2.47. The van der Waals surface area contributed by atoms with Gasteiger partial charge in [0.1, 0.15) is 10.9 Å². The van der Waals surface area contributed by atoms with Crippen molar-refractivity contribution in [1.82, 2.24) is 9.55 Å². The number of methoxy groups -OCH3 is 1. The normalized spacial score (nSPS) is 12.4. The fraction of sp³-hybridized carbons (Fsp3) is 0.316. The molecule has 0 saturated heterocycles. The number of hydrogen-bond acceptors (Lipinski definition) is 5. The smallest absolute Gasteiger partial charge is 0.328 e. The Morgan fingerprint density at radius 2 is 2.00 bits per heavy atom. The molecule has 0 spiro atoms. The molecule has 0 aliphatic carbocycles. The molecule has 0 N–H and O–H groups in total. The molecule has 0 fully saturated rings. The second-order valence-electron chi connectivity index (χ2n) is 6.19. The maximum absolute atomic E-state index is 13.1. The van der Waals surface area contributed by atoms with Crippen LogP contribution in [-0.4, -0.2) is 22.6 Å². The highest BCUT2D eigenvalue weighted by molar-refractivity contribution is 7.19. The maximum Gasteiger partial charge on any atom is 0.328 e. The van der Waals surface area contributed by atoms with Gasteiger partial charge in [-0.25, -0.2) is 9.78 Å². The van der Waals surface area contributed by atoms with Gasteiger partial charge in [0.25, 0.3) is 5.56 Å². The summed E-state index contributed by atoms with van der Waals surface area (Å²) >= 11 is 1.50. The average Bonchev–Trinajstić information content (AvgIpc) is 2.93. The number of fused-ring (bicyclic) bond motifs is 1. The van der Waals surface area contributed by atoms with Crippen LogP contribution in [0.25, 0.3) is 21.3 Å². The molecule has 0 bridgehead atoms. The Morgan fingerprint density at radius 3 is 2.68 bits per heavy atom. The van der Waals surface area contributed by atoms with E-state index >= 15 is 0 Å². The third-order valence-electron chi connectivity index (χ3n) is 4.44. The number of carbonyl (C=O) groups is 1. The van der Waals surface area contributed by atoms with E-state index in [2.05, 4.69) is 23.2 Å². The summed E-state index contributed by atoms with van der Waals surface area (Å²) in [6.07, 6.45) is 1.43. The predicted molar refractivity (Wildman–Crippen MR) is 100 cm³/mol. The van der Waals surface area contributed by atoms with Crippen molar-refractivity contribution in [2.24, 2.45) is 0 Å². The number of benzene rings is 1. The zero-order valence-corrected chi connectivity index (χ0v) is 15.7. The number of ether oxygens (including phenoxy) is 1. The highest BCUT2D eigenvalue weighted by atomic mass is 32.1. The van der Waals surface area contributed by atoms with Crippen LogP contribution < -0.4 is 5.56 Å². The highest BCUT2D eigenvalue weighted by Crippen LogP contribution is 2.37. The lowest BCUT2D eigenvalue weighted by molar-refractivity contribution is -0.144. The van der Waals surface area contributed by atoms with Gasteiger partial charge in [0.15, 0.2) is 0 Å². The number of aryl methyl sites for hydroxylation is 3. The number of aromatic nitrogens is 2. The third-order valence-corrected chi connectivity index (χ3v) is 5.45. The summed E-state index contributed by atoms with van der Waals surface area (Å²) in [6, 6.07) is 5.48. The maximum atomic E-state index is 13.1. The van der Waals surface area contributed by atoms with Crippen molar-refractivity contribution in [3.8, 4) is 11.1 Å². The molecule has 0 radical (unpaired) electrons. The fourth-order valence-corrected chi connectivity index (χ4v) is 4.00. The minimum Gasteiger partial charge on any atom is -0.467 e. The molecule has 0 aliphatic heterocycles. The van der Waals surface area contributed by atoms with Gasteiger partial charge in [-0.05, 0) is 38.8 Å². The summed E-state index contributed by atoms with van der Waals surface area (Å²) in [5.74, 6) is -0.469. The van der Waals surface area contributed by atoms with Crippen LogP contribution in [0.2, 0.25) is 0 Å². The van der Waals surface area contributed by atoms with E-state index in [0.717, 1.165) is 27.1 Å². The molecule has 2 heterocycles. The molecule has 3 rings (SSSR count). The van der Waals surface area contributed by atoms with Gasteiger partial charge in [0.2, 0.25) is 0 Å². The van der Waals surface area contributed by atoms with E-state index in [9.17, 15) is 9.59 Å². The molecule has 0 aliphatic rings. The van der Waals surface area contributed by atoms with Crippen molar-refractivity contribution in [2.45, 2.75) is 33.7 Å². The first kappa shape index (κ1) is 17.4. The van der Waals surface area contributed by atoms with Crippen LogP contribution in [0.1, 0.15) is 29.0 Å². The Balaban J connectivity index is 2.34. The first-order valence-electron chi connectivity index (χ1n) is 8.00. The van der Waals surface area contributed by atoms with Crippen molar-refractivity contribution in [3.05, 3.63) is 50.9 Å². The topological polar surface area (TPSA) is 61.2 Å². The standard InChI is InChI=1S/C19H20N2O3S/c1-10-6-7-11(2)14(8-10)15-13(4)25-17-16(15)18(22)21(9-20-17)12(3)19(23)24-5/h6-9,12H,1-5H3. The average molecular weight is 356 g/mol. The monoisotopic (exact) mass is 356 g/mol. The predicted octanol–water partition coefficient (Wildman–Crippen LogP) is 3.78. The molecule has 5 nitrogen and oxygen atoms in total. The second kappa shape index (κ2) is 6.44. The molecule has 3 aromatic rings. The summed E-state index contributed by atoms with van der Waals surface area (Å²) in [4.78, 5) is 31.1. The van der Waals surface area contributed by atoms with Crippen LogP contribution in [0.15, 0.2) is 29.3 Å². The SMILES string of the molecule is COC(=O)C(C)n1cnc2sc(C)c(-c3cc(C)ccc3C)c2c1=O. The van der Waals surface area contributed by atoms with E-state index in [-0.39, 0.29) is 5.56 Å². The quantitative estimate of drug-likeness (QED) is 0.670. The van der Waals surface area contributed by atoms with Crippen LogP contribution in [0.5, 0.6) is 0 Å². The molecule has 0 amide bonds. The van der Waals surface area contributed by atoms with Crippen molar-refractivity contribution >= 4 is 27.5 Å². The molecular weight excluding hydrogens is 336 g/mol. The Kier molecular flexibility index (Phi) is 4.47. The summed E-state index contributed by atoms with van der Waals surface area (Å²) < 4.78 is 6.11. The summed E-state index contributed by atoms with van der Waals surface area (Å²) in [5, 5.41) is 0.564. The van der Waals surface area contributed by atoms with Gasteiger partial charge < -0.3 is 4.74 Å². The molecule has 2 aromatic heterocycles. The minimum absolute atomic E-state index is 0.219. The summed E-state index contributed by atoms with van der Waals surface area (Å²) in [7, 11) is 1.31. The first-order chi connectivity index (χ1) is 11.8. The lowest BCUT2D eigenvalue weighted by Crippen LogP contribution is -2.29. The van der Waals surface area contributed by atoms with Gasteiger partial charge in [0, 0.05) is 10.4 Å². The fourth-order valence-electron chi connectivity index (χ4n) is 3.01. The van der Waals surface area contributed by atoms with E-state index in [4.69, 9.17) is 4.74 Å². The molecule has 6 heteroatoms. The summed E-state index contributed by atoms with van der Waals surface area (Å²) in [6.45, 7) is 7.70. The molecule has 130 valence electrons. The molecule has 1 unspecified atom stereocenters. The molecule has 1 aromatic carbocycles. The number of hydrogen-bond donors (Lipinski definition) is 0. The van der Waals surface area contributed by atoms with Gasteiger partial charge in [-0.2, -0.15) is 0 Å². The first-order valence-corrected chi connectivity index (χ1v) is 8.82. The minimum atomic E-state index is -0.721. The Morgan fingerprint density at radius 1 is 1.28 bits per heavy atom. The summed E-state index contributed by atoms with van der Waals surface area (Å²) in [5.41, 5.74) is 3.95. The molecule has 0 saturated carbocycles. The van der Waals surface area contributed by atoms with E-state index in [1.54, 1.807) is 6.92 Å². The highest BCUT2D eigenvalue weighted by Gasteiger charge is 2.22. The Labute approximate surface area is 149 Å². The number of esters is 1. The lowest BCUT2D eigenvalue weighted by atomic mass is 9.97. The van der Waals surface area contributed by atoms with Crippen LogP contribution in [0.3, 0.4) is 0 Å². The molecule has 25 heavy (non-hydrogen) atoms. The number of nitrogens with zero attached hydrogens (tertiary/aromatic N) is 2. The number of thiophene rings is 1. The number of carbonyl (C=O) groups excluding carboxylic acids is 1. The van der Waals surface area contributed by atoms with E-state index in [1.807, 2.05) is 20.8 Å². The lowest BCUT2D eigenvalue weighted by Gasteiger charge is -2.13. The zero-order chi connectivity index (χ0) is 18.3. The van der Waals surface area contributed by atoms with Crippen molar-refractivity contribution in [3.63, 3.8) is 0 Å². The molecular formula is C19H20N2O3S. The molecule has 1 atom stereocenters. The van der Waals surface area contributed by atoms with Gasteiger partial charge in [0.05, 0.1) is 18.8 Å². The van der Waals surface area contributed by atoms with Crippen molar-refractivity contribution in [1.29, 1.82) is 0 Å². The van der Waals surface area contributed by atoms with Crippen molar-refractivity contribution < 1.29 is 9.53 Å². The van der Waals surface area contributed by atoms with Crippen LogP contribution in [0, 0.1) is 20.8 Å². The van der Waals surface area contributed by atoms with E-state index < -0.39 is 12.0 Å². The number of rotatable bonds is 3. The third kappa shape index (κ3) is 2.87.